The van der Waals surface area contributed by atoms with Crippen LogP contribution in [-0.2, 0) is 0 Å². The van der Waals surface area contributed by atoms with Crippen molar-refractivity contribution in [2.45, 2.75) is 37.4 Å². The average Bonchev–Trinajstić information content (AvgIpc) is 3.34. The number of nitrogens with zero attached hydrogens (tertiary/aromatic N) is 2. The molecule has 1 aromatic rings. The fraction of sp³-hybridized carbons (Fsp3) is 0.647. The number of amides is 1. The van der Waals surface area contributed by atoms with Gasteiger partial charge >= 0.3 is 0 Å². The van der Waals surface area contributed by atoms with Crippen LogP contribution in [0.25, 0.3) is 0 Å². The number of likely N-dealkylation sites (tertiary alicyclic amines) is 1. The Kier molecular flexibility index (Phi) is 4.62. The van der Waals surface area contributed by atoms with E-state index in [0.717, 1.165) is 44.2 Å². The Bertz CT molecular complexity index is 519. The van der Waals surface area contributed by atoms with Crippen molar-refractivity contribution < 1.29 is 4.79 Å². The number of hydrogen-bond acceptors (Lipinski definition) is 4. The highest BCUT2D eigenvalue weighted by Crippen LogP contribution is 2.46. The van der Waals surface area contributed by atoms with Gasteiger partial charge < -0.3 is 10.2 Å². The van der Waals surface area contributed by atoms with Crippen LogP contribution in [0.4, 0.5) is 5.82 Å². The van der Waals surface area contributed by atoms with Crippen LogP contribution in [0.2, 0.25) is 0 Å². The summed E-state index contributed by atoms with van der Waals surface area (Å²) < 4.78 is 0.417. The molecule has 22 heavy (non-hydrogen) atoms. The Balaban J connectivity index is 1.55. The van der Waals surface area contributed by atoms with Crippen LogP contribution in [0.3, 0.4) is 0 Å². The number of piperidine rings is 1. The normalized spacial score (nSPS) is 20.7. The molecule has 2 fully saturated rings. The lowest BCUT2D eigenvalue weighted by atomic mass is 9.99. The number of anilines is 1. The molecule has 1 aromatic heterocycles. The number of pyridine rings is 1. The van der Waals surface area contributed by atoms with Gasteiger partial charge in [-0.25, -0.2) is 4.98 Å². The molecule has 0 spiro atoms. The standard InChI is InChI=1S/C17H25N3OS/c1-13-5-9-20(10-6-13)16(21)14-3-4-15(18-11-14)19-12-17(22-2)7-8-17/h3-4,11,13H,5-10,12H2,1-2H3,(H,18,19). The van der Waals surface area contributed by atoms with Gasteiger partial charge in [0.1, 0.15) is 5.82 Å². The van der Waals surface area contributed by atoms with Crippen LogP contribution in [-0.4, -0.2) is 46.4 Å². The van der Waals surface area contributed by atoms with Crippen LogP contribution in [0, 0.1) is 5.92 Å². The first-order valence-corrected chi connectivity index (χ1v) is 9.39. The summed E-state index contributed by atoms with van der Waals surface area (Å²) in [6.45, 7) is 4.95. The molecule has 4 nitrogen and oxygen atoms in total. The van der Waals surface area contributed by atoms with Gasteiger partial charge in [0.05, 0.1) is 5.56 Å². The molecule has 0 unspecified atom stereocenters. The van der Waals surface area contributed by atoms with E-state index in [4.69, 9.17) is 0 Å². The fourth-order valence-corrected chi connectivity index (χ4v) is 3.59. The van der Waals surface area contributed by atoms with Gasteiger partial charge in [0, 0.05) is 30.6 Å². The van der Waals surface area contributed by atoms with Crippen molar-refractivity contribution in [3.8, 4) is 0 Å². The van der Waals surface area contributed by atoms with Gasteiger partial charge in [0.15, 0.2) is 0 Å². The van der Waals surface area contributed by atoms with Crippen LogP contribution in [0.15, 0.2) is 18.3 Å². The Labute approximate surface area is 137 Å². The zero-order valence-corrected chi connectivity index (χ0v) is 14.3. The second kappa shape index (κ2) is 6.49. The van der Waals surface area contributed by atoms with Gasteiger partial charge in [-0.2, -0.15) is 11.8 Å². The molecule has 5 heteroatoms. The molecular formula is C17H25N3OS. The van der Waals surface area contributed by atoms with E-state index in [2.05, 4.69) is 23.5 Å². The van der Waals surface area contributed by atoms with E-state index in [1.165, 1.54) is 12.8 Å². The molecule has 3 rings (SSSR count). The minimum absolute atomic E-state index is 0.119. The van der Waals surface area contributed by atoms with Gasteiger partial charge in [-0.15, -0.1) is 0 Å². The third-order valence-electron chi connectivity index (χ3n) is 4.91. The molecular weight excluding hydrogens is 294 g/mol. The minimum Gasteiger partial charge on any atom is -0.369 e. The number of carbonyl (C=O) groups is 1. The van der Waals surface area contributed by atoms with E-state index in [1.807, 2.05) is 28.8 Å². The molecule has 1 amide bonds. The van der Waals surface area contributed by atoms with Crippen molar-refractivity contribution in [1.82, 2.24) is 9.88 Å². The zero-order chi connectivity index (χ0) is 15.6. The molecule has 0 radical (unpaired) electrons. The van der Waals surface area contributed by atoms with Crippen LogP contribution < -0.4 is 5.32 Å². The summed E-state index contributed by atoms with van der Waals surface area (Å²) in [7, 11) is 0. The molecule has 2 heterocycles. The maximum Gasteiger partial charge on any atom is 0.255 e. The largest absolute Gasteiger partial charge is 0.369 e. The maximum atomic E-state index is 12.5. The molecule has 1 aliphatic heterocycles. The number of carbonyl (C=O) groups excluding carboxylic acids is 1. The monoisotopic (exact) mass is 319 g/mol. The predicted molar refractivity (Wildman–Crippen MR) is 92.5 cm³/mol. The van der Waals surface area contributed by atoms with E-state index in [0.29, 0.717) is 10.3 Å². The Hall–Kier alpha value is -1.23. The minimum atomic E-state index is 0.119. The number of nitrogens with one attached hydrogen (secondary N) is 1. The summed E-state index contributed by atoms with van der Waals surface area (Å²) in [4.78, 5) is 18.8. The molecule has 120 valence electrons. The number of hydrogen-bond donors (Lipinski definition) is 1. The van der Waals surface area contributed by atoms with Crippen LogP contribution >= 0.6 is 11.8 Å². The molecule has 0 atom stereocenters. The molecule has 1 saturated heterocycles. The second-order valence-electron chi connectivity index (χ2n) is 6.65. The maximum absolute atomic E-state index is 12.5. The zero-order valence-electron chi connectivity index (χ0n) is 13.5. The van der Waals surface area contributed by atoms with E-state index < -0.39 is 0 Å². The molecule has 1 N–H and O–H groups in total. The van der Waals surface area contributed by atoms with Gasteiger partial charge in [0.2, 0.25) is 0 Å². The topological polar surface area (TPSA) is 45.2 Å². The summed E-state index contributed by atoms with van der Waals surface area (Å²) in [6, 6.07) is 3.82. The lowest BCUT2D eigenvalue weighted by Gasteiger charge is -2.30. The SMILES string of the molecule is CSC1(CNc2ccc(C(=O)N3CCC(C)CC3)cn2)CC1. The van der Waals surface area contributed by atoms with Gasteiger partial charge in [-0.3, -0.25) is 4.79 Å². The van der Waals surface area contributed by atoms with E-state index >= 15 is 0 Å². The third-order valence-corrected chi connectivity index (χ3v) is 6.33. The van der Waals surface area contributed by atoms with Crippen molar-refractivity contribution in [2.24, 2.45) is 5.92 Å². The Morgan fingerprint density at radius 3 is 2.68 bits per heavy atom. The van der Waals surface area contributed by atoms with Crippen molar-refractivity contribution in [3.63, 3.8) is 0 Å². The predicted octanol–water partition coefficient (Wildman–Crippen LogP) is 3.26. The highest BCUT2D eigenvalue weighted by atomic mass is 32.2. The van der Waals surface area contributed by atoms with Gasteiger partial charge in [-0.1, -0.05) is 6.92 Å². The van der Waals surface area contributed by atoms with Gasteiger partial charge in [0.25, 0.3) is 5.91 Å². The van der Waals surface area contributed by atoms with Crippen LogP contribution in [0.5, 0.6) is 0 Å². The first-order chi connectivity index (χ1) is 10.6. The first-order valence-electron chi connectivity index (χ1n) is 8.16. The third kappa shape index (κ3) is 3.57. The second-order valence-corrected chi connectivity index (χ2v) is 7.92. The summed E-state index contributed by atoms with van der Waals surface area (Å²) >= 11 is 1.93. The fourth-order valence-electron chi connectivity index (χ4n) is 2.86. The average molecular weight is 319 g/mol. The Morgan fingerprint density at radius 2 is 2.14 bits per heavy atom. The van der Waals surface area contributed by atoms with Crippen molar-refractivity contribution in [2.75, 3.05) is 31.2 Å². The lowest BCUT2D eigenvalue weighted by Crippen LogP contribution is -2.37. The summed E-state index contributed by atoms with van der Waals surface area (Å²) in [6.07, 6.45) is 8.66. The molecule has 0 aromatic carbocycles. The van der Waals surface area contributed by atoms with Crippen LogP contribution in [0.1, 0.15) is 43.0 Å². The quantitative estimate of drug-likeness (QED) is 0.905. The number of aromatic nitrogens is 1. The van der Waals surface area contributed by atoms with Crippen molar-refractivity contribution in [1.29, 1.82) is 0 Å². The summed E-state index contributed by atoms with van der Waals surface area (Å²) in [5.41, 5.74) is 0.700. The Morgan fingerprint density at radius 1 is 1.41 bits per heavy atom. The lowest BCUT2D eigenvalue weighted by molar-refractivity contribution is 0.0697. The number of rotatable bonds is 5. The van der Waals surface area contributed by atoms with E-state index in [1.54, 1.807) is 6.20 Å². The molecule has 1 aliphatic carbocycles. The smallest absolute Gasteiger partial charge is 0.255 e. The highest BCUT2D eigenvalue weighted by Gasteiger charge is 2.41. The van der Waals surface area contributed by atoms with E-state index in [9.17, 15) is 4.79 Å². The van der Waals surface area contributed by atoms with E-state index in [-0.39, 0.29) is 5.91 Å². The van der Waals surface area contributed by atoms with Crippen molar-refractivity contribution in [3.05, 3.63) is 23.9 Å². The van der Waals surface area contributed by atoms with Gasteiger partial charge in [-0.05, 0) is 50.0 Å². The summed E-state index contributed by atoms with van der Waals surface area (Å²) in [5, 5.41) is 3.39. The molecule has 0 bridgehead atoms. The number of thioether (sulfide) groups is 1. The van der Waals surface area contributed by atoms with Crippen molar-refractivity contribution >= 4 is 23.5 Å². The molecule has 1 saturated carbocycles. The molecule has 2 aliphatic rings. The highest BCUT2D eigenvalue weighted by molar-refractivity contribution is 8.00. The first kappa shape index (κ1) is 15.7. The summed E-state index contributed by atoms with van der Waals surface area (Å²) in [5.74, 6) is 1.72.